The van der Waals surface area contributed by atoms with Gasteiger partial charge < -0.3 is 14.7 Å². The Morgan fingerprint density at radius 3 is 2.73 bits per heavy atom. The average Bonchev–Trinajstić information content (AvgIpc) is 3.33. The Hall–Kier alpha value is -3.29. The number of nitrogens with zero attached hydrogens (tertiary/aromatic N) is 2. The molecule has 0 radical (unpaired) electrons. The number of fused-ring (bicyclic) bond motifs is 1. The summed E-state index contributed by atoms with van der Waals surface area (Å²) in [5.74, 6) is -0.926. The highest BCUT2D eigenvalue weighted by Gasteiger charge is 2.48. The van der Waals surface area contributed by atoms with Gasteiger partial charge >= 0.3 is 0 Å². The number of rotatable bonds is 3. The summed E-state index contributed by atoms with van der Waals surface area (Å²) in [6.45, 7) is 3.22. The van der Waals surface area contributed by atoms with Gasteiger partial charge in [0.25, 0.3) is 11.7 Å². The number of amides is 1. The van der Waals surface area contributed by atoms with Crippen LogP contribution in [0, 0.1) is 6.92 Å². The minimum absolute atomic E-state index is 0.0601. The second kappa shape index (κ2) is 8.24. The average molecular weight is 481 g/mol. The number of halogens is 1. The molecule has 5 rings (SSSR count). The smallest absolute Gasteiger partial charge is 0.300 e. The molecule has 8 heteroatoms. The van der Waals surface area contributed by atoms with E-state index in [4.69, 9.17) is 16.3 Å². The van der Waals surface area contributed by atoms with E-state index in [2.05, 4.69) is 0 Å². The van der Waals surface area contributed by atoms with Crippen LogP contribution in [0.2, 0.25) is 5.02 Å². The van der Waals surface area contributed by atoms with Crippen molar-refractivity contribution in [1.29, 1.82) is 0 Å². The fourth-order valence-electron chi connectivity index (χ4n) is 4.29. The first-order chi connectivity index (χ1) is 15.9. The molecule has 0 bridgehead atoms. The van der Waals surface area contributed by atoms with Crippen molar-refractivity contribution in [1.82, 2.24) is 0 Å². The lowest BCUT2D eigenvalue weighted by molar-refractivity contribution is -0.132. The molecule has 3 aromatic rings. The van der Waals surface area contributed by atoms with Crippen molar-refractivity contribution in [2.24, 2.45) is 0 Å². The van der Waals surface area contributed by atoms with Crippen LogP contribution in [0.25, 0.3) is 5.76 Å². The SMILES string of the molecule is Cc1ccsc1C1/C(=C(/O)c2ccc3c(c2)N(C)CCO3)C(=O)C(=O)N1c1cccc(Cl)c1. The van der Waals surface area contributed by atoms with Crippen molar-refractivity contribution in [3.63, 3.8) is 0 Å². The van der Waals surface area contributed by atoms with E-state index >= 15 is 0 Å². The maximum atomic E-state index is 13.3. The number of thiophene rings is 1. The van der Waals surface area contributed by atoms with E-state index < -0.39 is 17.7 Å². The van der Waals surface area contributed by atoms with Gasteiger partial charge in [-0.2, -0.15) is 0 Å². The second-order valence-electron chi connectivity index (χ2n) is 8.07. The fourth-order valence-corrected chi connectivity index (χ4v) is 5.50. The third-order valence-electron chi connectivity index (χ3n) is 6.01. The largest absolute Gasteiger partial charge is 0.507 e. The summed E-state index contributed by atoms with van der Waals surface area (Å²) in [6.07, 6.45) is 0. The van der Waals surface area contributed by atoms with Crippen molar-refractivity contribution in [2.45, 2.75) is 13.0 Å². The van der Waals surface area contributed by atoms with Gasteiger partial charge in [-0.3, -0.25) is 14.5 Å². The summed E-state index contributed by atoms with van der Waals surface area (Å²) in [7, 11) is 1.94. The number of hydrogen-bond acceptors (Lipinski definition) is 6. The minimum atomic E-state index is -0.756. The Kier molecular flexibility index (Phi) is 5.38. The van der Waals surface area contributed by atoms with Gasteiger partial charge in [-0.1, -0.05) is 17.7 Å². The predicted molar refractivity (Wildman–Crippen MR) is 130 cm³/mol. The molecule has 168 valence electrons. The fraction of sp³-hybridized carbons (Fsp3) is 0.200. The zero-order valence-corrected chi connectivity index (χ0v) is 19.6. The lowest BCUT2D eigenvalue weighted by atomic mass is 9.97. The first-order valence-corrected chi connectivity index (χ1v) is 11.7. The number of ketones is 1. The van der Waals surface area contributed by atoms with E-state index in [0.717, 1.165) is 16.1 Å². The van der Waals surface area contributed by atoms with E-state index in [0.29, 0.717) is 35.2 Å². The molecule has 2 aromatic carbocycles. The number of aliphatic hydroxyl groups is 1. The van der Waals surface area contributed by atoms with Crippen LogP contribution in [0.5, 0.6) is 5.75 Å². The van der Waals surface area contributed by atoms with Crippen LogP contribution in [-0.2, 0) is 9.59 Å². The molecule has 1 saturated heterocycles. The second-order valence-corrected chi connectivity index (χ2v) is 9.45. The van der Waals surface area contributed by atoms with Gasteiger partial charge in [-0.15, -0.1) is 11.3 Å². The van der Waals surface area contributed by atoms with Crippen molar-refractivity contribution < 1.29 is 19.4 Å². The van der Waals surface area contributed by atoms with Crippen LogP contribution in [0.1, 0.15) is 22.0 Å². The highest BCUT2D eigenvalue weighted by Crippen LogP contribution is 2.45. The third-order valence-corrected chi connectivity index (χ3v) is 7.32. The molecule has 1 amide bonds. The van der Waals surface area contributed by atoms with Crippen molar-refractivity contribution >= 4 is 51.8 Å². The molecule has 6 nitrogen and oxygen atoms in total. The van der Waals surface area contributed by atoms with Gasteiger partial charge in [0, 0.05) is 28.2 Å². The Balaban J connectivity index is 1.71. The summed E-state index contributed by atoms with van der Waals surface area (Å²) in [5, 5.41) is 13.7. The van der Waals surface area contributed by atoms with E-state index in [1.807, 2.05) is 30.3 Å². The number of ether oxygens (including phenoxy) is 1. The van der Waals surface area contributed by atoms with Gasteiger partial charge in [-0.25, -0.2) is 0 Å². The van der Waals surface area contributed by atoms with Gasteiger partial charge in [0.15, 0.2) is 0 Å². The number of carbonyl (C=O) groups excluding carboxylic acids is 2. The van der Waals surface area contributed by atoms with Gasteiger partial charge in [-0.05, 0) is 60.3 Å². The van der Waals surface area contributed by atoms with Crippen LogP contribution >= 0.6 is 22.9 Å². The Morgan fingerprint density at radius 2 is 2.00 bits per heavy atom. The molecule has 1 aromatic heterocycles. The predicted octanol–water partition coefficient (Wildman–Crippen LogP) is 5.16. The van der Waals surface area contributed by atoms with Gasteiger partial charge in [0.1, 0.15) is 24.2 Å². The maximum absolute atomic E-state index is 13.3. The monoisotopic (exact) mass is 480 g/mol. The minimum Gasteiger partial charge on any atom is -0.507 e. The first kappa shape index (κ1) is 21.6. The molecule has 2 aliphatic rings. The molecule has 33 heavy (non-hydrogen) atoms. The molecular formula is C25H21ClN2O4S. The van der Waals surface area contributed by atoms with E-state index in [1.54, 1.807) is 42.5 Å². The number of benzene rings is 2. The first-order valence-electron chi connectivity index (χ1n) is 10.5. The Labute approximate surface area is 200 Å². The van der Waals surface area contributed by atoms with Crippen LogP contribution < -0.4 is 14.5 Å². The number of Topliss-reactive ketones (excluding diaryl/α,β-unsaturated/α-hetero) is 1. The van der Waals surface area contributed by atoms with E-state index in [9.17, 15) is 14.7 Å². The van der Waals surface area contributed by atoms with Crippen LogP contribution in [-0.4, -0.2) is 37.0 Å². The van der Waals surface area contributed by atoms with E-state index in [-0.39, 0.29) is 11.3 Å². The zero-order chi connectivity index (χ0) is 23.3. The van der Waals surface area contributed by atoms with Gasteiger partial charge in [0.05, 0.1) is 17.8 Å². The van der Waals surface area contributed by atoms with Crippen molar-refractivity contribution in [2.75, 3.05) is 30.0 Å². The quantitative estimate of drug-likeness (QED) is 0.318. The molecule has 3 heterocycles. The molecule has 0 spiro atoms. The number of hydrogen-bond donors (Lipinski definition) is 1. The zero-order valence-electron chi connectivity index (χ0n) is 18.0. The topological polar surface area (TPSA) is 70.1 Å². The Bertz CT molecular complexity index is 1320. The molecule has 1 atom stereocenters. The highest BCUT2D eigenvalue weighted by molar-refractivity contribution is 7.10. The lowest BCUT2D eigenvalue weighted by Gasteiger charge is -2.28. The number of carbonyl (C=O) groups is 2. The molecule has 0 saturated carbocycles. The van der Waals surface area contributed by atoms with Crippen LogP contribution in [0.4, 0.5) is 11.4 Å². The standard InChI is InChI=1S/C25H21ClN2O4S/c1-14-8-11-33-24(14)21-20(23(30)25(31)28(21)17-5-3-4-16(26)13-17)22(29)15-6-7-19-18(12-15)27(2)9-10-32-19/h3-8,11-13,21,29H,9-10H2,1-2H3/b22-20-. The number of anilines is 2. The maximum Gasteiger partial charge on any atom is 0.300 e. The number of aliphatic hydroxyl groups excluding tert-OH is 1. The van der Waals surface area contributed by atoms with Crippen molar-refractivity contribution in [3.8, 4) is 5.75 Å². The molecule has 1 N–H and O–H groups in total. The summed E-state index contributed by atoms with van der Waals surface area (Å²) in [6, 6.07) is 13.3. The Morgan fingerprint density at radius 1 is 1.18 bits per heavy atom. The normalized spacial score (nSPS) is 19.5. The summed E-state index contributed by atoms with van der Waals surface area (Å²) in [5.41, 5.74) is 2.76. The van der Waals surface area contributed by atoms with Crippen LogP contribution in [0.15, 0.2) is 59.5 Å². The van der Waals surface area contributed by atoms with Crippen molar-refractivity contribution in [3.05, 3.63) is 80.5 Å². The highest BCUT2D eigenvalue weighted by atomic mass is 35.5. The van der Waals surface area contributed by atoms with Gasteiger partial charge in [0.2, 0.25) is 0 Å². The summed E-state index contributed by atoms with van der Waals surface area (Å²) >= 11 is 7.63. The van der Waals surface area contributed by atoms with E-state index in [1.165, 1.54) is 16.2 Å². The number of aryl methyl sites for hydroxylation is 1. The summed E-state index contributed by atoms with van der Waals surface area (Å²) in [4.78, 5) is 30.8. The molecule has 0 aliphatic carbocycles. The third kappa shape index (κ3) is 3.57. The lowest BCUT2D eigenvalue weighted by Crippen LogP contribution is -2.29. The summed E-state index contributed by atoms with van der Waals surface area (Å²) < 4.78 is 5.69. The molecule has 1 unspecified atom stereocenters. The van der Waals surface area contributed by atoms with Crippen LogP contribution in [0.3, 0.4) is 0 Å². The molecular weight excluding hydrogens is 460 g/mol. The molecule has 1 fully saturated rings. The molecule has 2 aliphatic heterocycles. The number of likely N-dealkylation sites (N-methyl/N-ethyl adjacent to an activating group) is 1.